The van der Waals surface area contributed by atoms with E-state index in [9.17, 15) is 0 Å². The van der Waals surface area contributed by atoms with Crippen LogP contribution in [0.5, 0.6) is 0 Å². The molecule has 198 valence electrons. The lowest BCUT2D eigenvalue weighted by atomic mass is 9.97. The molecule has 1 aliphatic heterocycles. The molecule has 0 spiro atoms. The third kappa shape index (κ3) is 3.55. The fourth-order valence-electron chi connectivity index (χ4n) is 6.45. The molecule has 1 unspecified atom stereocenters. The van der Waals surface area contributed by atoms with Gasteiger partial charge >= 0.3 is 0 Å². The number of aromatic nitrogens is 1. The van der Waals surface area contributed by atoms with Crippen molar-refractivity contribution in [1.29, 1.82) is 0 Å². The van der Waals surface area contributed by atoms with Gasteiger partial charge in [0.1, 0.15) is 6.17 Å². The lowest BCUT2D eigenvalue weighted by Crippen LogP contribution is -2.20. The molecule has 0 amide bonds. The molecule has 0 saturated carbocycles. The van der Waals surface area contributed by atoms with E-state index in [1.165, 1.54) is 42.0 Å². The van der Waals surface area contributed by atoms with Crippen LogP contribution < -0.4 is 5.32 Å². The van der Waals surface area contributed by atoms with E-state index in [4.69, 9.17) is 4.99 Å². The molecule has 3 nitrogen and oxygen atoms in total. The zero-order chi connectivity index (χ0) is 27.6. The largest absolute Gasteiger partial charge is 0.360 e. The number of anilines is 1. The number of benzene rings is 6. The monoisotopic (exact) mass is 555 g/mol. The quantitative estimate of drug-likeness (QED) is 0.231. The summed E-state index contributed by atoms with van der Waals surface area (Å²) in [7, 11) is 0. The summed E-state index contributed by atoms with van der Waals surface area (Å²) < 4.78 is 5.07. The Labute approximate surface area is 247 Å². The van der Waals surface area contributed by atoms with Crippen molar-refractivity contribution >= 4 is 64.7 Å². The van der Waals surface area contributed by atoms with Crippen LogP contribution in [0.15, 0.2) is 145 Å². The standard InChI is InChI=1S/C38H25N3S/c1-2-10-24(11-3-1)37-29-14-4-7-15-32(29)39-38(40-37)25-18-20-26(21-19-25)41-33-16-8-5-12-27(33)30-23-36-31(22-34(30)41)28-13-6-9-17-35(28)42-36/h1-23,38-39H. The van der Waals surface area contributed by atoms with Gasteiger partial charge in [0, 0.05) is 53.4 Å². The minimum Gasteiger partial charge on any atom is -0.360 e. The number of hydrogen-bond acceptors (Lipinski definition) is 3. The maximum atomic E-state index is 5.21. The molecule has 1 aliphatic rings. The van der Waals surface area contributed by atoms with Crippen molar-refractivity contribution in [3.05, 3.63) is 156 Å². The average molecular weight is 556 g/mol. The van der Waals surface area contributed by atoms with E-state index in [2.05, 4.69) is 143 Å². The summed E-state index contributed by atoms with van der Waals surface area (Å²) in [6.45, 7) is 0. The predicted molar refractivity (Wildman–Crippen MR) is 179 cm³/mol. The second-order valence-corrected chi connectivity index (χ2v) is 11.9. The van der Waals surface area contributed by atoms with Gasteiger partial charge in [0.25, 0.3) is 0 Å². The normalized spacial score (nSPS) is 14.8. The predicted octanol–water partition coefficient (Wildman–Crippen LogP) is 10.1. The van der Waals surface area contributed by atoms with Crippen molar-refractivity contribution in [2.45, 2.75) is 6.17 Å². The zero-order valence-corrected chi connectivity index (χ0v) is 23.5. The molecule has 3 heterocycles. The van der Waals surface area contributed by atoms with E-state index in [1.807, 2.05) is 17.4 Å². The molecule has 0 radical (unpaired) electrons. The van der Waals surface area contributed by atoms with Crippen LogP contribution in [-0.4, -0.2) is 10.3 Å². The zero-order valence-electron chi connectivity index (χ0n) is 22.7. The number of para-hydroxylation sites is 2. The van der Waals surface area contributed by atoms with Gasteiger partial charge in [-0.25, -0.2) is 0 Å². The van der Waals surface area contributed by atoms with E-state index in [1.54, 1.807) is 0 Å². The Morgan fingerprint density at radius 3 is 2.19 bits per heavy atom. The molecule has 0 aliphatic carbocycles. The molecule has 0 bridgehead atoms. The summed E-state index contributed by atoms with van der Waals surface area (Å²) >= 11 is 1.87. The van der Waals surface area contributed by atoms with Gasteiger partial charge in [0.15, 0.2) is 0 Å². The van der Waals surface area contributed by atoms with Crippen LogP contribution in [0.1, 0.15) is 22.9 Å². The van der Waals surface area contributed by atoms with Crippen LogP contribution in [0.2, 0.25) is 0 Å². The Kier molecular flexibility index (Phi) is 5.13. The molecule has 1 N–H and O–H groups in total. The fourth-order valence-corrected chi connectivity index (χ4v) is 7.58. The highest BCUT2D eigenvalue weighted by Crippen LogP contribution is 2.41. The molecule has 4 heteroatoms. The van der Waals surface area contributed by atoms with Crippen LogP contribution >= 0.6 is 11.3 Å². The minimum absolute atomic E-state index is 0.167. The smallest absolute Gasteiger partial charge is 0.145 e. The molecule has 1 atom stereocenters. The van der Waals surface area contributed by atoms with Crippen LogP contribution in [0.4, 0.5) is 5.69 Å². The van der Waals surface area contributed by atoms with Gasteiger partial charge in [-0.15, -0.1) is 11.3 Å². The summed E-state index contributed by atoms with van der Waals surface area (Å²) in [4.78, 5) is 5.21. The molecule has 2 aromatic heterocycles. The maximum Gasteiger partial charge on any atom is 0.145 e. The topological polar surface area (TPSA) is 29.3 Å². The lowest BCUT2D eigenvalue weighted by Gasteiger charge is -2.26. The molecule has 9 rings (SSSR count). The summed E-state index contributed by atoms with van der Waals surface area (Å²) in [5.41, 5.74) is 9.12. The van der Waals surface area contributed by atoms with Gasteiger partial charge < -0.3 is 9.88 Å². The molecule has 0 fully saturated rings. The Balaban J connectivity index is 1.19. The van der Waals surface area contributed by atoms with Gasteiger partial charge in [0.2, 0.25) is 0 Å². The minimum atomic E-state index is -0.167. The van der Waals surface area contributed by atoms with E-state index < -0.39 is 0 Å². The number of fused-ring (bicyclic) bond motifs is 7. The van der Waals surface area contributed by atoms with E-state index in [0.717, 1.165) is 33.8 Å². The van der Waals surface area contributed by atoms with Crippen molar-refractivity contribution in [3.8, 4) is 5.69 Å². The summed E-state index contributed by atoms with van der Waals surface area (Å²) in [6.07, 6.45) is -0.167. The Morgan fingerprint density at radius 2 is 1.31 bits per heavy atom. The van der Waals surface area contributed by atoms with Crippen LogP contribution in [-0.2, 0) is 0 Å². The number of thiophene rings is 1. The van der Waals surface area contributed by atoms with Gasteiger partial charge in [-0.3, -0.25) is 4.99 Å². The second-order valence-electron chi connectivity index (χ2n) is 10.8. The van der Waals surface area contributed by atoms with Crippen molar-refractivity contribution in [1.82, 2.24) is 4.57 Å². The molecule has 42 heavy (non-hydrogen) atoms. The fraction of sp³-hybridized carbons (Fsp3) is 0.0263. The molecular formula is C38H25N3S. The third-order valence-corrected chi connectivity index (χ3v) is 9.55. The van der Waals surface area contributed by atoms with Crippen LogP contribution in [0.25, 0.3) is 47.7 Å². The third-order valence-electron chi connectivity index (χ3n) is 8.42. The maximum absolute atomic E-state index is 5.21. The first kappa shape index (κ1) is 23.5. The van der Waals surface area contributed by atoms with Gasteiger partial charge in [-0.2, -0.15) is 0 Å². The second kappa shape index (κ2) is 9.16. The highest BCUT2D eigenvalue weighted by Gasteiger charge is 2.23. The van der Waals surface area contributed by atoms with E-state index in [-0.39, 0.29) is 6.17 Å². The lowest BCUT2D eigenvalue weighted by molar-refractivity contribution is 0.827. The number of hydrogen-bond donors (Lipinski definition) is 1. The molecule has 8 aromatic rings. The van der Waals surface area contributed by atoms with Gasteiger partial charge in [-0.05, 0) is 48.0 Å². The van der Waals surface area contributed by atoms with E-state index in [0.29, 0.717) is 0 Å². The summed E-state index contributed by atoms with van der Waals surface area (Å²) in [6, 6.07) is 50.0. The first-order chi connectivity index (χ1) is 20.8. The average Bonchev–Trinajstić information content (AvgIpc) is 3.58. The van der Waals surface area contributed by atoms with Gasteiger partial charge in [-0.1, -0.05) is 97.1 Å². The number of aliphatic imine (C=N–C) groups is 1. The number of nitrogens with zero attached hydrogens (tertiary/aromatic N) is 2. The first-order valence-electron chi connectivity index (χ1n) is 14.3. The molecular weight excluding hydrogens is 531 g/mol. The molecule has 6 aromatic carbocycles. The summed E-state index contributed by atoms with van der Waals surface area (Å²) in [5.74, 6) is 0. The Morgan fingerprint density at radius 1 is 0.571 bits per heavy atom. The highest BCUT2D eigenvalue weighted by atomic mass is 32.1. The number of rotatable bonds is 3. The highest BCUT2D eigenvalue weighted by molar-refractivity contribution is 7.25. The number of nitrogens with one attached hydrogen (secondary N) is 1. The SMILES string of the molecule is c1ccc(C2=NC(c3ccc(-n4c5ccccc5c5cc6sc7ccccc7c6cc54)cc3)Nc3ccccc32)cc1. The van der Waals surface area contributed by atoms with E-state index >= 15 is 0 Å². The van der Waals surface area contributed by atoms with Crippen molar-refractivity contribution in [3.63, 3.8) is 0 Å². The van der Waals surface area contributed by atoms with Crippen molar-refractivity contribution in [2.75, 3.05) is 5.32 Å². The molecule has 0 saturated heterocycles. The van der Waals surface area contributed by atoms with Crippen molar-refractivity contribution < 1.29 is 0 Å². The Hall–Kier alpha value is -5.19. The Bertz CT molecular complexity index is 2320. The van der Waals surface area contributed by atoms with Crippen LogP contribution in [0.3, 0.4) is 0 Å². The van der Waals surface area contributed by atoms with Gasteiger partial charge in [0.05, 0.1) is 16.7 Å². The van der Waals surface area contributed by atoms with Crippen LogP contribution in [0, 0.1) is 0 Å². The van der Waals surface area contributed by atoms with Crippen molar-refractivity contribution in [2.24, 2.45) is 4.99 Å². The first-order valence-corrected chi connectivity index (χ1v) is 15.1. The summed E-state index contributed by atoms with van der Waals surface area (Å²) in [5, 5.41) is 8.87.